The normalized spacial score (nSPS) is 20.0. The molecule has 1 aromatic rings. The van der Waals surface area contributed by atoms with Gasteiger partial charge in [-0.05, 0) is 30.7 Å². The molecule has 0 aliphatic carbocycles. The summed E-state index contributed by atoms with van der Waals surface area (Å²) in [6, 6.07) is 10.4. The lowest BCUT2D eigenvalue weighted by Crippen LogP contribution is -2.26. The predicted molar refractivity (Wildman–Crippen MR) is 62.5 cm³/mol. The first-order valence-corrected chi connectivity index (χ1v) is 5.77. The van der Waals surface area contributed by atoms with Gasteiger partial charge in [0, 0.05) is 13.1 Å². The maximum Gasteiger partial charge on any atom is 0.407 e. The van der Waals surface area contributed by atoms with Gasteiger partial charge < -0.3 is 10.0 Å². The molecule has 1 heterocycles. The second-order valence-electron chi connectivity index (χ2n) is 4.41. The maximum atomic E-state index is 10.7. The smallest absolute Gasteiger partial charge is 0.407 e. The van der Waals surface area contributed by atoms with Crippen LogP contribution < -0.4 is 0 Å². The Balaban J connectivity index is 1.78. The molecule has 1 amide bonds. The quantitative estimate of drug-likeness (QED) is 0.849. The van der Waals surface area contributed by atoms with Gasteiger partial charge in [0.25, 0.3) is 0 Å². The van der Waals surface area contributed by atoms with E-state index < -0.39 is 6.09 Å². The zero-order valence-electron chi connectivity index (χ0n) is 9.30. The van der Waals surface area contributed by atoms with E-state index in [4.69, 9.17) is 5.11 Å². The van der Waals surface area contributed by atoms with E-state index in [-0.39, 0.29) is 0 Å². The van der Waals surface area contributed by atoms with E-state index in [1.807, 2.05) is 18.2 Å². The molecule has 3 nitrogen and oxygen atoms in total. The highest BCUT2D eigenvalue weighted by atomic mass is 16.4. The summed E-state index contributed by atoms with van der Waals surface area (Å²) in [5.41, 5.74) is 1.34. The van der Waals surface area contributed by atoms with E-state index in [0.29, 0.717) is 19.0 Å². The summed E-state index contributed by atoms with van der Waals surface area (Å²) >= 11 is 0. The molecule has 1 saturated heterocycles. The fraction of sp³-hybridized carbons (Fsp3) is 0.462. The van der Waals surface area contributed by atoms with Crippen LogP contribution in [0.1, 0.15) is 18.4 Å². The lowest BCUT2D eigenvalue weighted by molar-refractivity contribution is 0.154. The first kappa shape index (κ1) is 11.0. The lowest BCUT2D eigenvalue weighted by Gasteiger charge is -2.12. The van der Waals surface area contributed by atoms with E-state index in [1.54, 1.807) is 0 Å². The standard InChI is InChI=1S/C13H17NO2/c15-13(16)14-9-8-12(10-14)7-6-11-4-2-1-3-5-11/h1-5,12H,6-10H2,(H,15,16). The second-order valence-corrected chi connectivity index (χ2v) is 4.41. The van der Waals surface area contributed by atoms with Crippen LogP contribution in [0.25, 0.3) is 0 Å². The number of likely N-dealkylation sites (tertiary alicyclic amines) is 1. The number of amides is 1. The van der Waals surface area contributed by atoms with Crippen molar-refractivity contribution in [1.29, 1.82) is 0 Å². The van der Waals surface area contributed by atoms with Gasteiger partial charge in [0.1, 0.15) is 0 Å². The lowest BCUT2D eigenvalue weighted by atomic mass is 9.99. The van der Waals surface area contributed by atoms with E-state index in [9.17, 15) is 4.79 Å². The van der Waals surface area contributed by atoms with Crippen molar-refractivity contribution >= 4 is 6.09 Å². The Morgan fingerprint density at radius 1 is 1.38 bits per heavy atom. The van der Waals surface area contributed by atoms with Gasteiger partial charge in [-0.1, -0.05) is 30.3 Å². The van der Waals surface area contributed by atoms with E-state index in [2.05, 4.69) is 12.1 Å². The fourth-order valence-corrected chi connectivity index (χ4v) is 2.26. The van der Waals surface area contributed by atoms with Crippen molar-refractivity contribution in [2.75, 3.05) is 13.1 Å². The summed E-state index contributed by atoms with van der Waals surface area (Å²) in [6.45, 7) is 1.41. The number of hydrogen-bond donors (Lipinski definition) is 1. The van der Waals surface area contributed by atoms with E-state index in [1.165, 1.54) is 10.5 Å². The monoisotopic (exact) mass is 219 g/mol. The molecule has 1 aromatic carbocycles. The van der Waals surface area contributed by atoms with Crippen LogP contribution in [-0.4, -0.2) is 29.2 Å². The minimum Gasteiger partial charge on any atom is -0.465 e. The maximum absolute atomic E-state index is 10.7. The molecule has 0 aromatic heterocycles. The van der Waals surface area contributed by atoms with Crippen molar-refractivity contribution in [2.45, 2.75) is 19.3 Å². The SMILES string of the molecule is O=C(O)N1CCC(CCc2ccccc2)C1. The van der Waals surface area contributed by atoms with Gasteiger partial charge in [-0.15, -0.1) is 0 Å². The van der Waals surface area contributed by atoms with Crippen molar-refractivity contribution < 1.29 is 9.90 Å². The van der Waals surface area contributed by atoms with Crippen molar-refractivity contribution in [3.63, 3.8) is 0 Å². The zero-order chi connectivity index (χ0) is 11.4. The van der Waals surface area contributed by atoms with Crippen molar-refractivity contribution in [3.8, 4) is 0 Å². The third-order valence-corrected chi connectivity index (χ3v) is 3.24. The summed E-state index contributed by atoms with van der Waals surface area (Å²) in [7, 11) is 0. The summed E-state index contributed by atoms with van der Waals surface area (Å²) in [6.07, 6.45) is 2.38. The Morgan fingerprint density at radius 2 is 2.12 bits per heavy atom. The molecule has 86 valence electrons. The number of aryl methyl sites for hydroxylation is 1. The topological polar surface area (TPSA) is 40.5 Å². The molecule has 0 spiro atoms. The average molecular weight is 219 g/mol. The third-order valence-electron chi connectivity index (χ3n) is 3.24. The number of rotatable bonds is 3. The zero-order valence-corrected chi connectivity index (χ0v) is 9.30. The highest BCUT2D eigenvalue weighted by molar-refractivity contribution is 5.65. The molecule has 0 saturated carbocycles. The number of benzene rings is 1. The van der Waals surface area contributed by atoms with Gasteiger partial charge in [-0.3, -0.25) is 0 Å². The number of carboxylic acid groups (broad SMARTS) is 1. The number of nitrogens with zero attached hydrogens (tertiary/aromatic N) is 1. The second kappa shape index (κ2) is 5.01. The average Bonchev–Trinajstić information content (AvgIpc) is 2.76. The summed E-state index contributed by atoms with van der Waals surface area (Å²) in [4.78, 5) is 12.3. The first-order valence-electron chi connectivity index (χ1n) is 5.77. The van der Waals surface area contributed by atoms with Crippen molar-refractivity contribution in [3.05, 3.63) is 35.9 Å². The van der Waals surface area contributed by atoms with Gasteiger partial charge in [0.2, 0.25) is 0 Å². The minimum atomic E-state index is -0.776. The molecular weight excluding hydrogens is 202 g/mol. The van der Waals surface area contributed by atoms with Crippen LogP contribution in [0.3, 0.4) is 0 Å². The summed E-state index contributed by atoms with van der Waals surface area (Å²) in [5, 5.41) is 8.84. The highest BCUT2D eigenvalue weighted by Crippen LogP contribution is 2.21. The van der Waals surface area contributed by atoms with E-state index >= 15 is 0 Å². The molecule has 3 heteroatoms. The van der Waals surface area contributed by atoms with Gasteiger partial charge in [0.15, 0.2) is 0 Å². The van der Waals surface area contributed by atoms with Crippen LogP contribution in [0.5, 0.6) is 0 Å². The van der Waals surface area contributed by atoms with Gasteiger partial charge in [-0.25, -0.2) is 4.79 Å². The molecule has 1 atom stereocenters. The molecule has 2 rings (SSSR count). The molecule has 1 aliphatic rings. The van der Waals surface area contributed by atoms with Crippen molar-refractivity contribution in [2.24, 2.45) is 5.92 Å². The van der Waals surface area contributed by atoms with Crippen LogP contribution in [0.15, 0.2) is 30.3 Å². The largest absolute Gasteiger partial charge is 0.465 e. The predicted octanol–water partition coefficient (Wildman–Crippen LogP) is 2.62. The Kier molecular flexibility index (Phi) is 3.44. The molecule has 1 unspecified atom stereocenters. The van der Waals surface area contributed by atoms with Crippen molar-refractivity contribution in [1.82, 2.24) is 4.90 Å². The molecule has 0 radical (unpaired) electrons. The van der Waals surface area contributed by atoms with Crippen LogP contribution in [-0.2, 0) is 6.42 Å². The molecule has 1 N–H and O–H groups in total. The molecule has 0 bridgehead atoms. The minimum absolute atomic E-state index is 0.538. The Morgan fingerprint density at radius 3 is 2.75 bits per heavy atom. The Bertz CT molecular complexity index is 350. The van der Waals surface area contributed by atoms with Crippen LogP contribution in [0.2, 0.25) is 0 Å². The Labute approximate surface area is 95.7 Å². The van der Waals surface area contributed by atoms with Crippen LogP contribution in [0, 0.1) is 5.92 Å². The van der Waals surface area contributed by atoms with Crippen LogP contribution >= 0.6 is 0 Å². The van der Waals surface area contributed by atoms with Gasteiger partial charge >= 0.3 is 6.09 Å². The number of hydrogen-bond acceptors (Lipinski definition) is 1. The van der Waals surface area contributed by atoms with E-state index in [0.717, 1.165) is 19.3 Å². The molecule has 16 heavy (non-hydrogen) atoms. The third kappa shape index (κ3) is 2.75. The summed E-state index contributed by atoms with van der Waals surface area (Å²) in [5.74, 6) is 0.538. The highest BCUT2D eigenvalue weighted by Gasteiger charge is 2.25. The van der Waals surface area contributed by atoms with Crippen LogP contribution in [0.4, 0.5) is 4.79 Å². The van der Waals surface area contributed by atoms with Gasteiger partial charge in [-0.2, -0.15) is 0 Å². The Hall–Kier alpha value is -1.51. The first-order chi connectivity index (χ1) is 7.75. The fourth-order valence-electron chi connectivity index (χ4n) is 2.26. The van der Waals surface area contributed by atoms with Gasteiger partial charge in [0.05, 0.1) is 0 Å². The molecule has 1 fully saturated rings. The summed E-state index contributed by atoms with van der Waals surface area (Å²) < 4.78 is 0. The molecular formula is C13H17NO2. The number of carbonyl (C=O) groups is 1. The molecule has 1 aliphatic heterocycles.